The Kier molecular flexibility index (Phi) is 4.98. The maximum absolute atomic E-state index is 11.8. The van der Waals surface area contributed by atoms with Gasteiger partial charge in [-0.05, 0) is 37.8 Å². The number of hydrogen-bond donors (Lipinski definition) is 2. The molecule has 1 amide bonds. The third kappa shape index (κ3) is 4.41. The standard InChI is InChI=1S/C15H20N2O2/c16-13-10-6-1-2-7-11-14(13)19-15(18)17-12-8-4-3-5-9-12/h1-5,8-9,13-14H,6-7,10-11,16H2,(H,17,18)/b2-1-. The molecule has 0 saturated carbocycles. The predicted molar refractivity (Wildman–Crippen MR) is 75.9 cm³/mol. The summed E-state index contributed by atoms with van der Waals surface area (Å²) in [5.74, 6) is 0. The monoisotopic (exact) mass is 260 g/mol. The van der Waals surface area contributed by atoms with E-state index in [-0.39, 0.29) is 12.1 Å². The van der Waals surface area contributed by atoms with Crippen molar-refractivity contribution < 1.29 is 9.53 Å². The topological polar surface area (TPSA) is 64.3 Å². The first-order valence-corrected chi connectivity index (χ1v) is 6.69. The number of nitrogens with two attached hydrogens (primary N) is 1. The lowest BCUT2D eigenvalue weighted by Gasteiger charge is -2.24. The molecule has 0 aliphatic heterocycles. The molecule has 0 heterocycles. The molecular formula is C15H20N2O2. The Morgan fingerprint density at radius 2 is 1.84 bits per heavy atom. The smallest absolute Gasteiger partial charge is 0.411 e. The van der Waals surface area contributed by atoms with Gasteiger partial charge in [0.2, 0.25) is 0 Å². The van der Waals surface area contributed by atoms with Crippen molar-refractivity contribution in [2.45, 2.75) is 37.8 Å². The zero-order chi connectivity index (χ0) is 13.5. The number of para-hydroxylation sites is 1. The fourth-order valence-electron chi connectivity index (χ4n) is 2.14. The Morgan fingerprint density at radius 1 is 1.16 bits per heavy atom. The minimum absolute atomic E-state index is 0.0912. The first kappa shape index (κ1) is 13.6. The average Bonchev–Trinajstić information content (AvgIpc) is 2.40. The summed E-state index contributed by atoms with van der Waals surface area (Å²) in [7, 11) is 0. The molecule has 19 heavy (non-hydrogen) atoms. The molecule has 1 aromatic carbocycles. The molecule has 0 spiro atoms. The van der Waals surface area contributed by atoms with Crippen molar-refractivity contribution in [1.29, 1.82) is 0 Å². The highest BCUT2D eigenvalue weighted by atomic mass is 16.6. The van der Waals surface area contributed by atoms with Crippen molar-refractivity contribution in [3.05, 3.63) is 42.5 Å². The summed E-state index contributed by atoms with van der Waals surface area (Å²) >= 11 is 0. The molecule has 102 valence electrons. The molecule has 0 saturated heterocycles. The quantitative estimate of drug-likeness (QED) is 0.803. The summed E-state index contributed by atoms with van der Waals surface area (Å²) in [5, 5.41) is 2.71. The van der Waals surface area contributed by atoms with E-state index in [1.165, 1.54) is 0 Å². The van der Waals surface area contributed by atoms with Gasteiger partial charge in [0.05, 0.1) is 0 Å². The van der Waals surface area contributed by atoms with E-state index in [1.54, 1.807) is 0 Å². The third-order valence-corrected chi connectivity index (χ3v) is 3.21. The lowest BCUT2D eigenvalue weighted by molar-refractivity contribution is 0.0865. The molecule has 1 aliphatic carbocycles. The fraction of sp³-hybridized carbons (Fsp3) is 0.400. The number of benzene rings is 1. The highest BCUT2D eigenvalue weighted by Gasteiger charge is 2.22. The van der Waals surface area contributed by atoms with Gasteiger partial charge in [-0.15, -0.1) is 0 Å². The number of ether oxygens (including phenoxy) is 1. The lowest BCUT2D eigenvalue weighted by Crippen LogP contribution is -2.39. The van der Waals surface area contributed by atoms with E-state index in [1.807, 2.05) is 30.3 Å². The molecule has 3 N–H and O–H groups in total. The zero-order valence-corrected chi connectivity index (χ0v) is 10.9. The van der Waals surface area contributed by atoms with Gasteiger partial charge in [0.25, 0.3) is 0 Å². The molecule has 0 bridgehead atoms. The van der Waals surface area contributed by atoms with Crippen LogP contribution in [0.25, 0.3) is 0 Å². The molecular weight excluding hydrogens is 240 g/mol. The van der Waals surface area contributed by atoms with E-state index in [0.717, 1.165) is 31.4 Å². The van der Waals surface area contributed by atoms with E-state index in [9.17, 15) is 4.79 Å². The first-order chi connectivity index (χ1) is 9.25. The van der Waals surface area contributed by atoms with Crippen molar-refractivity contribution >= 4 is 11.8 Å². The summed E-state index contributed by atoms with van der Waals surface area (Å²) in [6, 6.07) is 9.17. The van der Waals surface area contributed by atoms with E-state index in [2.05, 4.69) is 17.5 Å². The van der Waals surface area contributed by atoms with Crippen LogP contribution < -0.4 is 11.1 Å². The largest absolute Gasteiger partial charge is 0.444 e. The number of hydrogen-bond acceptors (Lipinski definition) is 3. The summed E-state index contributed by atoms with van der Waals surface area (Å²) in [4.78, 5) is 11.8. The van der Waals surface area contributed by atoms with E-state index in [4.69, 9.17) is 10.5 Å². The van der Waals surface area contributed by atoms with Crippen molar-refractivity contribution in [1.82, 2.24) is 0 Å². The third-order valence-electron chi connectivity index (χ3n) is 3.21. The van der Waals surface area contributed by atoms with Gasteiger partial charge in [0.15, 0.2) is 0 Å². The van der Waals surface area contributed by atoms with Gasteiger partial charge in [-0.2, -0.15) is 0 Å². The van der Waals surface area contributed by atoms with Crippen LogP contribution in [-0.4, -0.2) is 18.2 Å². The Morgan fingerprint density at radius 3 is 2.58 bits per heavy atom. The molecule has 0 aromatic heterocycles. The normalized spacial score (nSPS) is 24.9. The van der Waals surface area contributed by atoms with Gasteiger partial charge in [-0.25, -0.2) is 4.79 Å². The Balaban J connectivity index is 1.88. The van der Waals surface area contributed by atoms with Crippen LogP contribution in [0.3, 0.4) is 0 Å². The second-order valence-electron chi connectivity index (χ2n) is 4.72. The van der Waals surface area contributed by atoms with Gasteiger partial charge < -0.3 is 10.5 Å². The van der Waals surface area contributed by atoms with Crippen LogP contribution in [-0.2, 0) is 4.74 Å². The molecule has 1 aliphatic rings. The minimum atomic E-state index is -0.434. The van der Waals surface area contributed by atoms with Crippen LogP contribution in [0.5, 0.6) is 0 Å². The fourth-order valence-corrected chi connectivity index (χ4v) is 2.14. The Hall–Kier alpha value is -1.81. The van der Waals surface area contributed by atoms with Crippen LogP contribution in [0.2, 0.25) is 0 Å². The second kappa shape index (κ2) is 6.95. The van der Waals surface area contributed by atoms with E-state index >= 15 is 0 Å². The summed E-state index contributed by atoms with van der Waals surface area (Å²) in [6.45, 7) is 0. The van der Waals surface area contributed by atoms with E-state index in [0.29, 0.717) is 0 Å². The van der Waals surface area contributed by atoms with E-state index < -0.39 is 6.09 Å². The lowest BCUT2D eigenvalue weighted by atomic mass is 9.99. The maximum atomic E-state index is 11.8. The van der Waals surface area contributed by atoms with Gasteiger partial charge in [0.1, 0.15) is 6.10 Å². The Labute approximate surface area is 113 Å². The van der Waals surface area contributed by atoms with Crippen molar-refractivity contribution in [2.75, 3.05) is 5.32 Å². The summed E-state index contributed by atoms with van der Waals surface area (Å²) < 4.78 is 5.43. The van der Waals surface area contributed by atoms with Gasteiger partial charge in [0, 0.05) is 11.7 Å². The van der Waals surface area contributed by atoms with Crippen LogP contribution in [0.4, 0.5) is 10.5 Å². The molecule has 2 atom stereocenters. The van der Waals surface area contributed by atoms with Crippen molar-refractivity contribution in [3.63, 3.8) is 0 Å². The number of nitrogens with one attached hydrogen (secondary N) is 1. The molecule has 2 unspecified atom stereocenters. The van der Waals surface area contributed by atoms with Crippen molar-refractivity contribution in [3.8, 4) is 0 Å². The predicted octanol–water partition coefficient (Wildman–Crippen LogP) is 3.06. The highest BCUT2D eigenvalue weighted by Crippen LogP contribution is 2.16. The van der Waals surface area contributed by atoms with Crippen LogP contribution in [0.15, 0.2) is 42.5 Å². The SMILES string of the molecule is NC1CC/C=C\CCC1OC(=O)Nc1ccccc1. The van der Waals surface area contributed by atoms with Crippen LogP contribution >= 0.6 is 0 Å². The minimum Gasteiger partial charge on any atom is -0.444 e. The summed E-state index contributed by atoms with van der Waals surface area (Å²) in [5.41, 5.74) is 6.78. The number of carbonyl (C=O) groups excluding carboxylic acids is 1. The van der Waals surface area contributed by atoms with Gasteiger partial charge in [-0.1, -0.05) is 30.4 Å². The molecule has 4 heteroatoms. The number of rotatable bonds is 2. The molecule has 0 fully saturated rings. The summed E-state index contributed by atoms with van der Waals surface area (Å²) in [6.07, 6.45) is 7.08. The van der Waals surface area contributed by atoms with Crippen LogP contribution in [0.1, 0.15) is 25.7 Å². The second-order valence-corrected chi connectivity index (χ2v) is 4.72. The van der Waals surface area contributed by atoms with Gasteiger partial charge >= 0.3 is 6.09 Å². The maximum Gasteiger partial charge on any atom is 0.411 e. The van der Waals surface area contributed by atoms with Crippen molar-refractivity contribution in [2.24, 2.45) is 5.73 Å². The number of amides is 1. The number of anilines is 1. The number of carbonyl (C=O) groups is 1. The first-order valence-electron chi connectivity index (χ1n) is 6.69. The zero-order valence-electron chi connectivity index (χ0n) is 10.9. The Bertz CT molecular complexity index is 431. The molecule has 2 rings (SSSR count). The van der Waals surface area contributed by atoms with Crippen LogP contribution in [0, 0.1) is 0 Å². The highest BCUT2D eigenvalue weighted by molar-refractivity contribution is 5.84. The molecule has 1 aromatic rings. The molecule has 4 nitrogen and oxygen atoms in total. The molecule has 0 radical (unpaired) electrons. The number of allylic oxidation sites excluding steroid dienone is 2. The average molecular weight is 260 g/mol. The van der Waals surface area contributed by atoms with Gasteiger partial charge in [-0.3, -0.25) is 5.32 Å².